The van der Waals surface area contributed by atoms with Gasteiger partial charge in [-0.05, 0) is 19.9 Å². The molecule has 0 saturated carbocycles. The van der Waals surface area contributed by atoms with E-state index in [1.54, 1.807) is 0 Å². The molecule has 3 aromatic rings. The van der Waals surface area contributed by atoms with Gasteiger partial charge < -0.3 is 19.4 Å². The number of carbonyl (C=O) groups is 1. The monoisotopic (exact) mass is 451 g/mol. The minimum absolute atomic E-state index is 0.120. The van der Waals surface area contributed by atoms with Crippen LogP contribution >= 0.6 is 0 Å². The summed E-state index contributed by atoms with van der Waals surface area (Å²) in [7, 11) is 2.91. The van der Waals surface area contributed by atoms with E-state index in [1.165, 1.54) is 29.6 Å². The molecule has 0 bridgehead atoms. The first-order valence-electron chi connectivity index (χ1n) is 10.4. The number of fused-ring (bicyclic) bond motifs is 2. The second-order valence-electron chi connectivity index (χ2n) is 8.45. The predicted molar refractivity (Wildman–Crippen MR) is 121 cm³/mol. The van der Waals surface area contributed by atoms with Crippen molar-refractivity contribution in [1.82, 2.24) is 24.0 Å². The summed E-state index contributed by atoms with van der Waals surface area (Å²) in [5.41, 5.74) is 0.296. The molecule has 0 atom stereocenters. The van der Waals surface area contributed by atoms with Gasteiger partial charge in [-0.15, -0.1) is 0 Å². The number of ether oxygens (including phenoxy) is 2. The van der Waals surface area contributed by atoms with Crippen LogP contribution in [0.2, 0.25) is 0 Å². The summed E-state index contributed by atoms with van der Waals surface area (Å²) < 4.78 is 15.4. The fourth-order valence-corrected chi connectivity index (χ4v) is 3.80. The minimum Gasteiger partial charge on any atom is -0.483 e. The second kappa shape index (κ2) is 8.50. The molecule has 10 nitrogen and oxygen atoms in total. The lowest BCUT2D eigenvalue weighted by Crippen LogP contribution is -2.38. The average Bonchev–Trinajstić information content (AvgIpc) is 3.32. The van der Waals surface area contributed by atoms with Crippen molar-refractivity contribution in [3.05, 3.63) is 50.9 Å². The van der Waals surface area contributed by atoms with Gasteiger partial charge in [0.15, 0.2) is 22.7 Å². The van der Waals surface area contributed by atoms with E-state index in [4.69, 9.17) is 9.47 Å². The van der Waals surface area contributed by atoms with E-state index in [0.29, 0.717) is 5.75 Å². The van der Waals surface area contributed by atoms with Crippen molar-refractivity contribution in [1.29, 1.82) is 0 Å². The summed E-state index contributed by atoms with van der Waals surface area (Å²) in [6.07, 6.45) is 2.19. The first-order chi connectivity index (χ1) is 15.7. The molecular formula is C23H25N5O5. The van der Waals surface area contributed by atoms with Gasteiger partial charge >= 0.3 is 5.69 Å². The Bertz CT molecular complexity index is 1420. The molecule has 33 heavy (non-hydrogen) atoms. The minimum atomic E-state index is -0.505. The Hall–Kier alpha value is -4.00. The van der Waals surface area contributed by atoms with Crippen LogP contribution in [0.5, 0.6) is 11.5 Å². The summed E-state index contributed by atoms with van der Waals surface area (Å²) in [6, 6.07) is 5.80. The Balaban J connectivity index is 1.32. The standard InChI is InChI=1S/C23H25N5O5/c1-23(2)12-15-8-7-9-16(19(15)33-23)32-11-6-5-10-24-17(29)13-28-14-25-20-18(28)21(30)27(4)22(31)26(20)3/h7-9,14H,10-13H2,1-4H3,(H,24,29). The number of hydrogen-bond acceptors (Lipinski definition) is 6. The third kappa shape index (κ3) is 4.35. The Morgan fingerprint density at radius 1 is 1.24 bits per heavy atom. The van der Waals surface area contributed by atoms with Gasteiger partial charge in [-0.2, -0.15) is 0 Å². The van der Waals surface area contributed by atoms with Gasteiger partial charge in [0.25, 0.3) is 5.56 Å². The van der Waals surface area contributed by atoms with E-state index in [0.717, 1.165) is 22.3 Å². The average molecular weight is 451 g/mol. The number of nitrogens with one attached hydrogen (secondary N) is 1. The quantitative estimate of drug-likeness (QED) is 0.561. The van der Waals surface area contributed by atoms with E-state index in [2.05, 4.69) is 22.1 Å². The molecule has 1 aliphatic rings. The summed E-state index contributed by atoms with van der Waals surface area (Å²) in [4.78, 5) is 40.8. The molecule has 0 aliphatic carbocycles. The maximum absolute atomic E-state index is 12.4. The topological polar surface area (TPSA) is 109 Å². The van der Waals surface area contributed by atoms with Crippen LogP contribution in [0.4, 0.5) is 0 Å². The number of nitrogens with zero attached hydrogens (tertiary/aromatic N) is 4. The molecule has 0 radical (unpaired) electrons. The zero-order chi connectivity index (χ0) is 23.8. The van der Waals surface area contributed by atoms with Gasteiger partial charge in [0.1, 0.15) is 18.8 Å². The van der Waals surface area contributed by atoms with Crippen molar-refractivity contribution >= 4 is 17.1 Å². The molecule has 10 heteroatoms. The van der Waals surface area contributed by atoms with Crippen LogP contribution in [0.25, 0.3) is 11.2 Å². The largest absolute Gasteiger partial charge is 0.483 e. The predicted octanol–water partition coefficient (Wildman–Crippen LogP) is 0.346. The van der Waals surface area contributed by atoms with E-state index >= 15 is 0 Å². The maximum atomic E-state index is 12.4. The number of imidazole rings is 1. The number of para-hydroxylation sites is 1. The number of hydrogen-bond donors (Lipinski definition) is 1. The summed E-state index contributed by atoms with van der Waals surface area (Å²) in [5.74, 6) is 6.78. The number of benzene rings is 1. The first-order valence-corrected chi connectivity index (χ1v) is 10.4. The van der Waals surface area contributed by atoms with Crippen molar-refractivity contribution in [2.24, 2.45) is 14.1 Å². The third-order valence-electron chi connectivity index (χ3n) is 5.38. The molecule has 0 spiro atoms. The molecular weight excluding hydrogens is 426 g/mol. The van der Waals surface area contributed by atoms with E-state index < -0.39 is 11.2 Å². The normalized spacial score (nSPS) is 13.7. The van der Waals surface area contributed by atoms with Crippen LogP contribution < -0.4 is 26.0 Å². The summed E-state index contributed by atoms with van der Waals surface area (Å²) >= 11 is 0. The van der Waals surface area contributed by atoms with Gasteiger partial charge in [-0.25, -0.2) is 9.78 Å². The van der Waals surface area contributed by atoms with Crippen molar-refractivity contribution in [3.8, 4) is 23.3 Å². The molecule has 172 valence electrons. The lowest BCUT2D eigenvalue weighted by atomic mass is 10.0. The molecule has 3 heterocycles. The smallest absolute Gasteiger partial charge is 0.332 e. The lowest BCUT2D eigenvalue weighted by molar-refractivity contribution is -0.121. The fraction of sp³-hybridized carbons (Fsp3) is 0.391. The zero-order valence-electron chi connectivity index (χ0n) is 19.0. The van der Waals surface area contributed by atoms with Crippen LogP contribution in [0.1, 0.15) is 19.4 Å². The van der Waals surface area contributed by atoms with Gasteiger partial charge in [-0.3, -0.25) is 18.7 Å². The first kappa shape index (κ1) is 22.2. The zero-order valence-corrected chi connectivity index (χ0v) is 19.0. The van der Waals surface area contributed by atoms with Crippen LogP contribution in [-0.2, 0) is 31.9 Å². The highest BCUT2D eigenvalue weighted by Gasteiger charge is 2.32. The van der Waals surface area contributed by atoms with Crippen LogP contribution in [-0.4, -0.2) is 43.3 Å². The van der Waals surface area contributed by atoms with Gasteiger partial charge in [0.2, 0.25) is 5.91 Å². The Labute approximate surface area is 189 Å². The molecule has 1 N–H and O–H groups in total. The Kier molecular flexibility index (Phi) is 5.72. The lowest BCUT2D eigenvalue weighted by Gasteiger charge is -2.17. The molecule has 2 aromatic heterocycles. The van der Waals surface area contributed by atoms with Crippen molar-refractivity contribution in [2.45, 2.75) is 32.4 Å². The van der Waals surface area contributed by atoms with Gasteiger partial charge in [0, 0.05) is 26.1 Å². The van der Waals surface area contributed by atoms with Crippen LogP contribution in [0.15, 0.2) is 34.1 Å². The molecule has 1 amide bonds. The summed E-state index contributed by atoms with van der Waals surface area (Å²) in [6.45, 7) is 4.23. The highest BCUT2D eigenvalue weighted by molar-refractivity contribution is 5.79. The molecule has 1 aromatic carbocycles. The van der Waals surface area contributed by atoms with Crippen molar-refractivity contribution in [2.75, 3.05) is 13.2 Å². The van der Waals surface area contributed by atoms with E-state index in [1.807, 2.05) is 32.0 Å². The van der Waals surface area contributed by atoms with Gasteiger partial charge in [0.05, 0.1) is 12.9 Å². The Morgan fingerprint density at radius 3 is 2.82 bits per heavy atom. The van der Waals surface area contributed by atoms with Crippen molar-refractivity contribution < 1.29 is 14.3 Å². The number of carbonyl (C=O) groups excluding carboxylic acids is 1. The number of aryl methyl sites for hydroxylation is 1. The molecule has 1 aliphatic heterocycles. The highest BCUT2D eigenvalue weighted by Crippen LogP contribution is 2.41. The van der Waals surface area contributed by atoms with Crippen LogP contribution in [0, 0.1) is 11.8 Å². The van der Waals surface area contributed by atoms with Gasteiger partial charge in [-0.1, -0.05) is 24.0 Å². The third-order valence-corrected chi connectivity index (χ3v) is 5.38. The fourth-order valence-electron chi connectivity index (χ4n) is 3.80. The van der Waals surface area contributed by atoms with Crippen molar-refractivity contribution in [3.63, 3.8) is 0 Å². The molecule has 0 unspecified atom stereocenters. The van der Waals surface area contributed by atoms with Crippen LogP contribution in [0.3, 0.4) is 0 Å². The molecule has 0 fully saturated rings. The maximum Gasteiger partial charge on any atom is 0.332 e. The highest BCUT2D eigenvalue weighted by atomic mass is 16.5. The molecule has 0 saturated heterocycles. The number of aromatic nitrogens is 4. The second-order valence-corrected chi connectivity index (χ2v) is 8.45. The Morgan fingerprint density at radius 2 is 2.03 bits per heavy atom. The number of rotatable bonds is 5. The number of amides is 1. The SMILES string of the molecule is Cn1c(=O)c2c(ncn2CC(=O)NCC#CCOc2cccc3c2OC(C)(C)C3)n(C)c1=O. The molecule has 4 rings (SSSR count). The summed E-state index contributed by atoms with van der Waals surface area (Å²) in [5, 5.41) is 2.68. The van der Waals surface area contributed by atoms with E-state index in [-0.39, 0.29) is 42.4 Å². The van der Waals surface area contributed by atoms with E-state index in [9.17, 15) is 14.4 Å².